The Labute approximate surface area is 389 Å². The number of hydrogen-bond acceptors (Lipinski definition) is 14. The van der Waals surface area contributed by atoms with Crippen molar-refractivity contribution in [2.45, 2.75) is 42.4 Å². The van der Waals surface area contributed by atoms with Crippen LogP contribution in [0.5, 0.6) is 5.75 Å². The van der Waals surface area contributed by atoms with Gasteiger partial charge in [0.1, 0.15) is 30.9 Å². The van der Waals surface area contributed by atoms with E-state index in [2.05, 4.69) is 20.5 Å². The first-order valence-electron chi connectivity index (χ1n) is 17.2. The monoisotopic (exact) mass is 881 g/mol. The largest absolute Gasteiger partial charge is 1.00 e. The minimum Gasteiger partial charge on any atom is -0.744 e. The molecule has 0 amide bonds. The quantitative estimate of drug-likeness (QED) is 0.109. The number of benzene rings is 4. The van der Waals surface area contributed by atoms with Gasteiger partial charge >= 0.3 is 59.1 Å². The van der Waals surface area contributed by atoms with Crippen LogP contribution in [-0.4, -0.2) is 76.9 Å². The van der Waals surface area contributed by atoms with Crippen LogP contribution < -0.4 is 69.3 Å². The van der Waals surface area contributed by atoms with E-state index in [0.29, 0.717) is 47.2 Å². The number of phenolic OH excluding ortho intramolecular Hbond substituents is 1. The summed E-state index contributed by atoms with van der Waals surface area (Å²) in [5, 5.41) is 21.7. The fraction of sp³-hybridized carbons (Fsp3) is 0.205. The molecular formula is C39H41N5Na2O10S3. The minimum atomic E-state index is -5.23. The molecule has 0 unspecified atom stereocenters. The molecule has 4 aromatic rings. The molecule has 1 aliphatic carbocycles. The first kappa shape index (κ1) is 51.6. The van der Waals surface area contributed by atoms with Gasteiger partial charge in [-0.15, -0.1) is 0 Å². The van der Waals surface area contributed by atoms with Crippen molar-refractivity contribution in [3.63, 3.8) is 0 Å². The molecule has 0 bridgehead atoms. The molecule has 302 valence electrons. The van der Waals surface area contributed by atoms with Gasteiger partial charge in [0, 0.05) is 44.1 Å². The Bertz CT molecular complexity index is 2650. The average Bonchev–Trinajstić information content (AvgIpc) is 3.12. The van der Waals surface area contributed by atoms with Crippen LogP contribution in [-0.2, 0) is 30.4 Å². The molecule has 5 rings (SSSR count). The number of nitrogens with one attached hydrogen (secondary N) is 1. The van der Waals surface area contributed by atoms with E-state index in [1.807, 2.05) is 77.0 Å². The van der Waals surface area contributed by atoms with Crippen molar-refractivity contribution in [2.24, 2.45) is 15.2 Å². The molecule has 0 aliphatic heterocycles. The Morgan fingerprint density at radius 1 is 0.763 bits per heavy atom. The summed E-state index contributed by atoms with van der Waals surface area (Å²) in [5.41, 5.74) is 6.64. The third-order valence-electron chi connectivity index (χ3n) is 8.35. The Kier molecular flexibility index (Phi) is 19.1. The molecular weight excluding hydrogens is 841 g/mol. The molecule has 0 radical (unpaired) electrons. The number of anilines is 2. The van der Waals surface area contributed by atoms with E-state index in [1.54, 1.807) is 30.4 Å². The molecule has 3 N–H and O–H groups in total. The minimum absolute atomic E-state index is 0. The van der Waals surface area contributed by atoms with E-state index >= 15 is 0 Å². The van der Waals surface area contributed by atoms with Gasteiger partial charge in [-0.2, -0.15) is 18.6 Å². The smallest absolute Gasteiger partial charge is 0.744 e. The molecule has 4 aromatic carbocycles. The van der Waals surface area contributed by atoms with E-state index in [9.17, 15) is 44.0 Å². The first-order chi connectivity index (χ1) is 26.6. The Hall–Kier alpha value is -3.50. The fourth-order valence-electron chi connectivity index (χ4n) is 5.62. The SMILES string of the molecule is CCN=C1C=C/C(=C(/c2ccc(NCC)c(C)c2)c2cc(O)c(S(=O)(=O)[O-])cc2S(=O)(=O)O)C=C1C.CN(C)c1ccc(N=Nc2ccc(S(=O)(=O)[O-])cc2)cc1.[Na+].[Na+]. The van der Waals surface area contributed by atoms with Crippen molar-refractivity contribution >= 4 is 64.4 Å². The number of aliphatic imine (C=N–C) groups is 1. The summed E-state index contributed by atoms with van der Waals surface area (Å²) in [6, 6.07) is 19.5. The summed E-state index contributed by atoms with van der Waals surface area (Å²) in [6.07, 6.45) is 5.26. The van der Waals surface area contributed by atoms with E-state index in [0.717, 1.165) is 34.3 Å². The van der Waals surface area contributed by atoms with Crippen LogP contribution in [0.2, 0.25) is 0 Å². The van der Waals surface area contributed by atoms with Gasteiger partial charge in [-0.25, -0.2) is 16.8 Å². The van der Waals surface area contributed by atoms with Crippen molar-refractivity contribution in [1.29, 1.82) is 0 Å². The summed E-state index contributed by atoms with van der Waals surface area (Å²) in [7, 11) is -10.8. The second-order valence-electron chi connectivity index (χ2n) is 12.7. The zero-order valence-corrected chi connectivity index (χ0v) is 40.3. The molecule has 0 saturated heterocycles. The summed E-state index contributed by atoms with van der Waals surface area (Å²) in [5.74, 6) is -0.930. The third-order valence-corrected chi connectivity index (χ3v) is 11.0. The Morgan fingerprint density at radius 2 is 1.34 bits per heavy atom. The topological polar surface area (TPSA) is 241 Å². The fourth-order valence-corrected chi connectivity index (χ4v) is 7.44. The number of azo groups is 1. The molecule has 0 saturated carbocycles. The molecule has 59 heavy (non-hydrogen) atoms. The maximum atomic E-state index is 12.4. The first-order valence-corrected chi connectivity index (χ1v) is 21.5. The van der Waals surface area contributed by atoms with Crippen LogP contribution in [0.3, 0.4) is 0 Å². The second kappa shape index (κ2) is 21.8. The Morgan fingerprint density at radius 3 is 1.80 bits per heavy atom. The van der Waals surface area contributed by atoms with E-state index in [4.69, 9.17) is 0 Å². The van der Waals surface area contributed by atoms with Gasteiger partial charge in [-0.05, 0) is 140 Å². The van der Waals surface area contributed by atoms with Crippen LogP contribution in [0.15, 0.2) is 138 Å². The van der Waals surface area contributed by atoms with Gasteiger partial charge in [0.2, 0.25) is 0 Å². The molecule has 0 aromatic heterocycles. The van der Waals surface area contributed by atoms with Crippen LogP contribution in [0.1, 0.15) is 37.5 Å². The number of aryl methyl sites for hydroxylation is 1. The number of phenols is 1. The summed E-state index contributed by atoms with van der Waals surface area (Å²) in [6.45, 7) is 8.79. The van der Waals surface area contributed by atoms with Gasteiger partial charge < -0.3 is 24.4 Å². The van der Waals surface area contributed by atoms with Crippen molar-refractivity contribution < 1.29 is 103 Å². The number of rotatable bonds is 11. The molecule has 20 heteroatoms. The van der Waals surface area contributed by atoms with Crippen LogP contribution >= 0.6 is 0 Å². The predicted molar refractivity (Wildman–Crippen MR) is 217 cm³/mol. The van der Waals surface area contributed by atoms with Crippen molar-refractivity contribution in [3.8, 4) is 5.75 Å². The van der Waals surface area contributed by atoms with Crippen LogP contribution in [0.25, 0.3) is 5.57 Å². The van der Waals surface area contributed by atoms with Gasteiger partial charge in [0.05, 0.1) is 26.9 Å². The van der Waals surface area contributed by atoms with E-state index in [1.165, 1.54) is 24.3 Å². The van der Waals surface area contributed by atoms with Crippen LogP contribution in [0, 0.1) is 6.92 Å². The number of hydrogen-bond donors (Lipinski definition) is 3. The third kappa shape index (κ3) is 14.0. The molecule has 0 fully saturated rings. The van der Waals surface area contributed by atoms with Gasteiger partial charge in [0.15, 0.2) is 0 Å². The van der Waals surface area contributed by atoms with Gasteiger partial charge in [0.25, 0.3) is 10.1 Å². The molecule has 0 atom stereocenters. The summed E-state index contributed by atoms with van der Waals surface area (Å²) < 4.78 is 102. The maximum absolute atomic E-state index is 12.4. The zero-order chi connectivity index (χ0) is 42.3. The van der Waals surface area contributed by atoms with Gasteiger partial charge in [-0.3, -0.25) is 9.55 Å². The number of allylic oxidation sites excluding steroid dienone is 5. The average molecular weight is 882 g/mol. The van der Waals surface area contributed by atoms with Crippen molar-refractivity contribution in [2.75, 3.05) is 37.4 Å². The number of aromatic hydroxyl groups is 1. The van der Waals surface area contributed by atoms with Gasteiger partial charge in [-0.1, -0.05) is 12.1 Å². The number of nitrogens with zero attached hydrogens (tertiary/aromatic N) is 4. The zero-order valence-electron chi connectivity index (χ0n) is 33.8. The Balaban J connectivity index is 0.000000446. The van der Waals surface area contributed by atoms with Crippen LogP contribution in [0.4, 0.5) is 22.7 Å². The van der Waals surface area contributed by atoms with Crippen molar-refractivity contribution in [1.82, 2.24) is 0 Å². The predicted octanol–water partition coefficient (Wildman–Crippen LogP) is 1.14. The normalized spacial score (nSPS) is 14.4. The second-order valence-corrected chi connectivity index (χ2v) is 16.8. The summed E-state index contributed by atoms with van der Waals surface area (Å²) >= 11 is 0. The van der Waals surface area contributed by atoms with E-state index < -0.39 is 45.9 Å². The van der Waals surface area contributed by atoms with E-state index in [-0.39, 0.29) is 69.6 Å². The van der Waals surface area contributed by atoms with Crippen molar-refractivity contribution in [3.05, 3.63) is 125 Å². The molecule has 0 spiro atoms. The maximum Gasteiger partial charge on any atom is 1.00 e. The molecule has 15 nitrogen and oxygen atoms in total. The standard InChI is InChI=1S/C25H28N2O7S2.C14H15N3O3S.2Na/c1-5-26-20-9-7-17(11-15(20)3)25(18-8-10-21(27-6-2)16(4)12-18)19-13-22(28)24(36(32,33)34)14-23(19)35(29,30)31;1-17(2)13-7-3-11(4-8-13)15-16-12-5-9-14(10-6-12)21(18,19)20;;/h7-14,26,28H,5-6H2,1-4H3,(H,29,30,31)(H,32,33,34);3-10H,1-2H3,(H,18,19,20);;/q;;2*+1/p-2/b25-18+,27-21?;;;. The molecule has 1 aliphatic rings. The molecule has 0 heterocycles. The summed E-state index contributed by atoms with van der Waals surface area (Å²) in [4.78, 5) is 4.14.